The van der Waals surface area contributed by atoms with Gasteiger partial charge in [0.05, 0.1) is 6.67 Å². The number of rotatable bonds is 5. The second-order valence-corrected chi connectivity index (χ2v) is 4.16. The summed E-state index contributed by atoms with van der Waals surface area (Å²) in [7, 11) is 0. The zero-order valence-corrected chi connectivity index (χ0v) is 9.90. The largest absolute Gasteiger partial charge is 0.313 e. The summed E-state index contributed by atoms with van der Waals surface area (Å²) in [4.78, 5) is 0. The first-order chi connectivity index (χ1) is 6.74. The Morgan fingerprint density at radius 1 is 1.43 bits per heavy atom. The molecule has 1 aromatic carbocycles. The molecule has 0 amide bonds. The zero-order valence-electron chi connectivity index (χ0n) is 8.32. The van der Waals surface area contributed by atoms with E-state index in [4.69, 9.17) is 0 Å². The summed E-state index contributed by atoms with van der Waals surface area (Å²) in [5.74, 6) is 0. The summed E-state index contributed by atoms with van der Waals surface area (Å²) < 4.78 is 12.9. The van der Waals surface area contributed by atoms with E-state index in [2.05, 4.69) is 46.4 Å². The van der Waals surface area contributed by atoms with Gasteiger partial charge >= 0.3 is 0 Å². The number of benzene rings is 1. The second-order valence-electron chi connectivity index (χ2n) is 3.30. The highest BCUT2D eigenvalue weighted by molar-refractivity contribution is 9.10. The first-order valence-corrected chi connectivity index (χ1v) is 5.55. The van der Waals surface area contributed by atoms with Crippen molar-refractivity contribution in [3.05, 3.63) is 33.8 Å². The molecule has 0 saturated heterocycles. The highest BCUT2D eigenvalue weighted by atomic mass is 79.9. The first kappa shape index (κ1) is 11.7. The van der Waals surface area contributed by atoms with Gasteiger partial charge in [-0.3, -0.25) is 4.39 Å². The maximum absolute atomic E-state index is 11.8. The van der Waals surface area contributed by atoms with Crippen LogP contribution in [0.15, 0.2) is 22.7 Å². The lowest BCUT2D eigenvalue weighted by molar-refractivity contribution is 0.459. The average molecular weight is 260 g/mol. The van der Waals surface area contributed by atoms with Crippen LogP contribution in [0, 0.1) is 6.92 Å². The smallest absolute Gasteiger partial charge is 0.0906 e. The van der Waals surface area contributed by atoms with Gasteiger partial charge in [0, 0.05) is 11.0 Å². The minimum Gasteiger partial charge on any atom is -0.313 e. The van der Waals surface area contributed by atoms with Gasteiger partial charge in [-0.05, 0) is 37.1 Å². The van der Waals surface area contributed by atoms with Crippen LogP contribution in [0.2, 0.25) is 0 Å². The monoisotopic (exact) mass is 259 g/mol. The van der Waals surface area contributed by atoms with Gasteiger partial charge in [-0.1, -0.05) is 28.1 Å². The van der Waals surface area contributed by atoms with E-state index in [-0.39, 0.29) is 6.67 Å². The van der Waals surface area contributed by atoms with Crippen LogP contribution in [0.1, 0.15) is 17.5 Å². The molecule has 0 fully saturated rings. The van der Waals surface area contributed by atoms with Crippen LogP contribution >= 0.6 is 15.9 Å². The van der Waals surface area contributed by atoms with Gasteiger partial charge < -0.3 is 5.32 Å². The molecule has 0 aliphatic carbocycles. The van der Waals surface area contributed by atoms with Crippen LogP contribution in [0.3, 0.4) is 0 Å². The van der Waals surface area contributed by atoms with Crippen LogP contribution in [-0.4, -0.2) is 13.2 Å². The third-order valence-electron chi connectivity index (χ3n) is 2.05. The maximum atomic E-state index is 11.8. The van der Waals surface area contributed by atoms with Crippen LogP contribution < -0.4 is 5.32 Å². The maximum Gasteiger partial charge on any atom is 0.0906 e. The molecule has 0 atom stereocenters. The van der Waals surface area contributed by atoms with Crippen molar-refractivity contribution in [3.63, 3.8) is 0 Å². The molecular formula is C11H15BrFN. The summed E-state index contributed by atoms with van der Waals surface area (Å²) in [5.41, 5.74) is 2.46. The van der Waals surface area contributed by atoms with Crippen LogP contribution in [0.4, 0.5) is 4.39 Å². The summed E-state index contributed by atoms with van der Waals surface area (Å²) in [6, 6.07) is 6.26. The molecule has 78 valence electrons. The molecule has 1 nitrogen and oxygen atoms in total. The topological polar surface area (TPSA) is 12.0 Å². The highest BCUT2D eigenvalue weighted by Gasteiger charge is 1.96. The van der Waals surface area contributed by atoms with Gasteiger partial charge in [-0.25, -0.2) is 0 Å². The molecule has 0 heterocycles. The van der Waals surface area contributed by atoms with Gasteiger partial charge in [0.15, 0.2) is 0 Å². The number of hydrogen-bond acceptors (Lipinski definition) is 1. The molecular weight excluding hydrogens is 245 g/mol. The Morgan fingerprint density at radius 2 is 2.21 bits per heavy atom. The molecule has 0 saturated carbocycles. The quantitative estimate of drug-likeness (QED) is 0.801. The van der Waals surface area contributed by atoms with Gasteiger partial charge in [0.1, 0.15) is 0 Å². The van der Waals surface area contributed by atoms with Crippen molar-refractivity contribution in [1.82, 2.24) is 5.32 Å². The van der Waals surface area contributed by atoms with Gasteiger partial charge in [0.2, 0.25) is 0 Å². The molecule has 0 spiro atoms. The molecule has 0 radical (unpaired) electrons. The van der Waals surface area contributed by atoms with E-state index >= 15 is 0 Å². The molecule has 3 heteroatoms. The van der Waals surface area contributed by atoms with Crippen LogP contribution in [0.5, 0.6) is 0 Å². The zero-order chi connectivity index (χ0) is 10.4. The number of aryl methyl sites for hydroxylation is 1. The third kappa shape index (κ3) is 3.76. The third-order valence-corrected chi connectivity index (χ3v) is 2.91. The van der Waals surface area contributed by atoms with Crippen LogP contribution in [0.25, 0.3) is 0 Å². The van der Waals surface area contributed by atoms with Gasteiger partial charge in [-0.2, -0.15) is 0 Å². The summed E-state index contributed by atoms with van der Waals surface area (Å²) in [6.45, 7) is 3.36. The van der Waals surface area contributed by atoms with E-state index in [0.717, 1.165) is 17.6 Å². The van der Waals surface area contributed by atoms with E-state index in [1.165, 1.54) is 11.1 Å². The Balaban J connectivity index is 2.39. The molecule has 1 rings (SSSR count). The lowest BCUT2D eigenvalue weighted by Gasteiger charge is -2.05. The van der Waals surface area contributed by atoms with Crippen molar-refractivity contribution in [1.29, 1.82) is 0 Å². The second kappa shape index (κ2) is 6.14. The van der Waals surface area contributed by atoms with Gasteiger partial charge in [-0.15, -0.1) is 0 Å². The fourth-order valence-corrected chi connectivity index (χ4v) is 1.60. The molecule has 1 aromatic rings. The average Bonchev–Trinajstić information content (AvgIpc) is 2.18. The molecule has 1 N–H and O–H groups in total. The first-order valence-electron chi connectivity index (χ1n) is 4.75. The molecule has 0 bridgehead atoms. The van der Waals surface area contributed by atoms with Crippen molar-refractivity contribution in [2.24, 2.45) is 0 Å². The predicted octanol–water partition coefficient (Wildman–Crippen LogP) is 3.21. The molecule has 0 aliphatic rings. The van der Waals surface area contributed by atoms with E-state index in [9.17, 15) is 4.39 Å². The Morgan fingerprint density at radius 3 is 2.86 bits per heavy atom. The lowest BCUT2D eigenvalue weighted by Crippen LogP contribution is -2.15. The number of halogens is 2. The van der Waals surface area contributed by atoms with Crippen molar-refractivity contribution in [3.8, 4) is 0 Å². The molecule has 14 heavy (non-hydrogen) atoms. The normalized spacial score (nSPS) is 10.5. The van der Waals surface area contributed by atoms with E-state index in [1.54, 1.807) is 0 Å². The summed E-state index contributed by atoms with van der Waals surface area (Å²) in [5, 5.41) is 3.19. The predicted molar refractivity (Wildman–Crippen MR) is 61.2 cm³/mol. The molecule has 0 aliphatic heterocycles. The summed E-state index contributed by atoms with van der Waals surface area (Å²) >= 11 is 3.48. The number of alkyl halides is 1. The Kier molecular flexibility index (Phi) is 5.12. The van der Waals surface area contributed by atoms with Crippen molar-refractivity contribution in [2.45, 2.75) is 19.9 Å². The van der Waals surface area contributed by atoms with E-state index in [1.807, 2.05) is 0 Å². The van der Waals surface area contributed by atoms with E-state index < -0.39 is 0 Å². The van der Waals surface area contributed by atoms with Crippen LogP contribution in [-0.2, 0) is 6.54 Å². The van der Waals surface area contributed by atoms with Gasteiger partial charge in [0.25, 0.3) is 0 Å². The minimum absolute atomic E-state index is 0.245. The SMILES string of the molecule is Cc1ccc(CNCCCF)cc1Br. The fraction of sp³-hybridized carbons (Fsp3) is 0.455. The fourth-order valence-electron chi connectivity index (χ4n) is 1.17. The Labute approximate surface area is 92.8 Å². The standard InChI is InChI=1S/C11H15BrFN/c1-9-3-4-10(7-11(9)12)8-14-6-2-5-13/h3-4,7,14H,2,5-6,8H2,1H3. The number of hydrogen-bond donors (Lipinski definition) is 1. The molecule has 0 aromatic heterocycles. The lowest BCUT2D eigenvalue weighted by atomic mass is 10.1. The van der Waals surface area contributed by atoms with E-state index in [0.29, 0.717) is 6.42 Å². The molecule has 0 unspecified atom stereocenters. The Hall–Kier alpha value is -0.410. The minimum atomic E-state index is -0.245. The Bertz CT molecular complexity index is 289. The highest BCUT2D eigenvalue weighted by Crippen LogP contribution is 2.17. The van der Waals surface area contributed by atoms with Crippen molar-refractivity contribution >= 4 is 15.9 Å². The van der Waals surface area contributed by atoms with Crippen molar-refractivity contribution < 1.29 is 4.39 Å². The number of nitrogens with one attached hydrogen (secondary N) is 1. The van der Waals surface area contributed by atoms with Crippen molar-refractivity contribution in [2.75, 3.05) is 13.2 Å². The summed E-state index contributed by atoms with van der Waals surface area (Å²) in [6.07, 6.45) is 0.590.